The molecule has 1 atom stereocenters. The number of ether oxygens (including phenoxy) is 1. The maximum atomic E-state index is 5.59. The van der Waals surface area contributed by atoms with E-state index >= 15 is 0 Å². The molecule has 0 aliphatic heterocycles. The van der Waals surface area contributed by atoms with E-state index in [4.69, 9.17) is 10.5 Å². The number of nitrogens with two attached hydrogens (primary N) is 1. The van der Waals surface area contributed by atoms with Gasteiger partial charge in [-0.3, -0.25) is 0 Å². The third kappa shape index (κ3) is 3.87. The Balaban J connectivity index is 2.24. The maximum absolute atomic E-state index is 5.59. The molecule has 0 radical (unpaired) electrons. The summed E-state index contributed by atoms with van der Waals surface area (Å²) in [4.78, 5) is 0. The minimum atomic E-state index is -0.0660. The highest BCUT2D eigenvalue weighted by Gasteiger charge is 1.96. The van der Waals surface area contributed by atoms with Crippen molar-refractivity contribution in [2.45, 2.75) is 12.6 Å². The van der Waals surface area contributed by atoms with Gasteiger partial charge < -0.3 is 10.5 Å². The monoisotopic (exact) mass is 177 g/mol. The summed E-state index contributed by atoms with van der Waals surface area (Å²) in [6.07, 6.45) is 1.69. The van der Waals surface area contributed by atoms with E-state index in [1.165, 1.54) is 5.56 Å². The fourth-order valence-corrected chi connectivity index (χ4v) is 0.955. The summed E-state index contributed by atoms with van der Waals surface area (Å²) in [5.74, 6) is 0. The average molecular weight is 177 g/mol. The van der Waals surface area contributed by atoms with Gasteiger partial charge in [0, 0.05) is 6.04 Å². The van der Waals surface area contributed by atoms with E-state index in [2.05, 4.69) is 6.58 Å². The molecule has 1 rings (SSSR count). The molecule has 1 aromatic carbocycles. The van der Waals surface area contributed by atoms with Crippen molar-refractivity contribution >= 4 is 0 Å². The lowest BCUT2D eigenvalue weighted by Gasteiger charge is -2.07. The second-order valence-electron chi connectivity index (χ2n) is 2.90. The van der Waals surface area contributed by atoms with Crippen LogP contribution in [0, 0.1) is 0 Å². The van der Waals surface area contributed by atoms with Gasteiger partial charge in [-0.15, -0.1) is 6.58 Å². The summed E-state index contributed by atoms with van der Waals surface area (Å²) in [7, 11) is 0. The average Bonchev–Trinajstić information content (AvgIpc) is 2.19. The van der Waals surface area contributed by atoms with Gasteiger partial charge >= 0.3 is 0 Å². The molecule has 0 bridgehead atoms. The summed E-state index contributed by atoms with van der Waals surface area (Å²) >= 11 is 0. The first kappa shape index (κ1) is 9.96. The van der Waals surface area contributed by atoms with E-state index < -0.39 is 0 Å². The van der Waals surface area contributed by atoms with Crippen molar-refractivity contribution < 1.29 is 4.74 Å². The zero-order chi connectivity index (χ0) is 9.52. The third-order valence-corrected chi connectivity index (χ3v) is 1.72. The molecule has 0 saturated carbocycles. The Morgan fingerprint density at radius 3 is 2.69 bits per heavy atom. The molecular formula is C11H15NO. The Morgan fingerprint density at radius 2 is 2.08 bits per heavy atom. The Morgan fingerprint density at radius 1 is 1.38 bits per heavy atom. The van der Waals surface area contributed by atoms with Crippen LogP contribution in [0.5, 0.6) is 0 Å². The van der Waals surface area contributed by atoms with E-state index in [0.717, 1.165) is 0 Å². The van der Waals surface area contributed by atoms with Crippen LogP contribution in [0.15, 0.2) is 43.0 Å². The number of hydrogen-bond donors (Lipinski definition) is 1. The van der Waals surface area contributed by atoms with Crippen LogP contribution in [0.1, 0.15) is 5.56 Å². The van der Waals surface area contributed by atoms with Crippen LogP contribution in [-0.4, -0.2) is 12.6 Å². The molecule has 0 aliphatic carbocycles. The standard InChI is InChI=1S/C11H15NO/c1-2-11(12)9-13-8-10-6-4-3-5-7-10/h2-7,11H,1,8-9,12H2/t11-/m0/s1. The van der Waals surface area contributed by atoms with E-state index in [0.29, 0.717) is 13.2 Å². The molecular weight excluding hydrogens is 162 g/mol. The molecule has 0 aromatic heterocycles. The van der Waals surface area contributed by atoms with Gasteiger partial charge in [-0.1, -0.05) is 36.4 Å². The number of hydrogen-bond acceptors (Lipinski definition) is 2. The second-order valence-corrected chi connectivity index (χ2v) is 2.90. The first-order chi connectivity index (χ1) is 6.33. The molecule has 1 aromatic rings. The molecule has 13 heavy (non-hydrogen) atoms. The van der Waals surface area contributed by atoms with Crippen LogP contribution in [0.25, 0.3) is 0 Å². The van der Waals surface area contributed by atoms with Crippen LogP contribution in [-0.2, 0) is 11.3 Å². The SMILES string of the molecule is C=C[C@H](N)COCc1ccccc1. The van der Waals surface area contributed by atoms with Crippen LogP contribution < -0.4 is 5.73 Å². The zero-order valence-corrected chi connectivity index (χ0v) is 7.65. The third-order valence-electron chi connectivity index (χ3n) is 1.72. The van der Waals surface area contributed by atoms with Gasteiger partial charge in [0.1, 0.15) is 0 Å². The van der Waals surface area contributed by atoms with E-state index in [1.54, 1.807) is 6.08 Å². The normalized spacial score (nSPS) is 12.4. The topological polar surface area (TPSA) is 35.2 Å². The maximum Gasteiger partial charge on any atom is 0.0717 e. The smallest absolute Gasteiger partial charge is 0.0717 e. The van der Waals surface area contributed by atoms with Crippen molar-refractivity contribution in [1.29, 1.82) is 0 Å². The predicted molar refractivity (Wildman–Crippen MR) is 54.3 cm³/mol. The van der Waals surface area contributed by atoms with Crippen molar-refractivity contribution in [2.75, 3.05) is 6.61 Å². The van der Waals surface area contributed by atoms with Gasteiger partial charge in [0.05, 0.1) is 13.2 Å². The van der Waals surface area contributed by atoms with Gasteiger partial charge in [0.2, 0.25) is 0 Å². The van der Waals surface area contributed by atoms with E-state index in [9.17, 15) is 0 Å². The summed E-state index contributed by atoms with van der Waals surface area (Å²) in [6, 6.07) is 9.96. The van der Waals surface area contributed by atoms with E-state index in [1.807, 2.05) is 30.3 Å². The van der Waals surface area contributed by atoms with Crippen molar-refractivity contribution in [3.05, 3.63) is 48.6 Å². The summed E-state index contributed by atoms with van der Waals surface area (Å²) in [5.41, 5.74) is 6.76. The molecule has 2 N–H and O–H groups in total. The first-order valence-electron chi connectivity index (χ1n) is 4.32. The van der Waals surface area contributed by atoms with E-state index in [-0.39, 0.29) is 6.04 Å². The number of rotatable bonds is 5. The highest BCUT2D eigenvalue weighted by molar-refractivity contribution is 5.13. The lowest BCUT2D eigenvalue weighted by molar-refractivity contribution is 0.116. The van der Waals surface area contributed by atoms with Gasteiger partial charge in [-0.2, -0.15) is 0 Å². The molecule has 0 fully saturated rings. The lowest BCUT2D eigenvalue weighted by Crippen LogP contribution is -2.22. The zero-order valence-electron chi connectivity index (χ0n) is 7.65. The minimum Gasteiger partial charge on any atom is -0.375 e. The van der Waals surface area contributed by atoms with Gasteiger partial charge in [-0.05, 0) is 5.56 Å². The van der Waals surface area contributed by atoms with Crippen LogP contribution in [0.3, 0.4) is 0 Å². The predicted octanol–water partition coefficient (Wildman–Crippen LogP) is 1.72. The van der Waals surface area contributed by atoms with Gasteiger partial charge in [0.25, 0.3) is 0 Å². The summed E-state index contributed by atoms with van der Waals surface area (Å²) in [6.45, 7) is 4.72. The molecule has 0 heterocycles. The van der Waals surface area contributed by atoms with Crippen LogP contribution in [0.2, 0.25) is 0 Å². The van der Waals surface area contributed by atoms with Crippen molar-refractivity contribution in [3.63, 3.8) is 0 Å². The second kappa shape index (κ2) is 5.51. The Hall–Kier alpha value is -1.12. The van der Waals surface area contributed by atoms with Crippen LogP contribution in [0.4, 0.5) is 0 Å². The summed E-state index contributed by atoms with van der Waals surface area (Å²) in [5, 5.41) is 0. The summed E-state index contributed by atoms with van der Waals surface area (Å²) < 4.78 is 5.38. The Labute approximate surface area is 79.0 Å². The number of benzene rings is 1. The first-order valence-corrected chi connectivity index (χ1v) is 4.32. The van der Waals surface area contributed by atoms with Crippen molar-refractivity contribution in [2.24, 2.45) is 5.73 Å². The molecule has 2 heteroatoms. The Kier molecular flexibility index (Phi) is 4.23. The molecule has 2 nitrogen and oxygen atoms in total. The molecule has 0 spiro atoms. The Bertz CT molecular complexity index is 246. The molecule has 0 unspecified atom stereocenters. The van der Waals surface area contributed by atoms with Crippen molar-refractivity contribution in [1.82, 2.24) is 0 Å². The molecule has 0 saturated heterocycles. The molecule has 0 aliphatic rings. The highest BCUT2D eigenvalue weighted by atomic mass is 16.5. The largest absolute Gasteiger partial charge is 0.375 e. The highest BCUT2D eigenvalue weighted by Crippen LogP contribution is 2.00. The van der Waals surface area contributed by atoms with Crippen molar-refractivity contribution in [3.8, 4) is 0 Å². The molecule has 70 valence electrons. The fourth-order valence-electron chi connectivity index (χ4n) is 0.955. The minimum absolute atomic E-state index is 0.0660. The quantitative estimate of drug-likeness (QED) is 0.695. The fraction of sp³-hybridized carbons (Fsp3) is 0.273. The van der Waals surface area contributed by atoms with Gasteiger partial charge in [0.15, 0.2) is 0 Å². The lowest BCUT2D eigenvalue weighted by atomic mass is 10.2. The van der Waals surface area contributed by atoms with Gasteiger partial charge in [-0.25, -0.2) is 0 Å². The van der Waals surface area contributed by atoms with Crippen LogP contribution >= 0.6 is 0 Å². The molecule has 0 amide bonds.